The summed E-state index contributed by atoms with van der Waals surface area (Å²) in [7, 11) is 0. The molecular weight excluding hydrogens is 436 g/mol. The monoisotopic (exact) mass is 460 g/mol. The van der Waals surface area contributed by atoms with Gasteiger partial charge in [-0.2, -0.15) is 0 Å². The Morgan fingerprint density at radius 2 is 1.58 bits per heavy atom. The third kappa shape index (κ3) is 6.00. The SMILES string of the molecule is N[C@@H](Cc1ccccc1)c1nnc(SCC(=O)O)n1-c1ccc(OCc2ccccc2)cc1. The van der Waals surface area contributed by atoms with Crippen LogP contribution in [0, 0.1) is 0 Å². The first-order chi connectivity index (χ1) is 16.1. The lowest BCUT2D eigenvalue weighted by Crippen LogP contribution is -2.19. The van der Waals surface area contributed by atoms with Crippen molar-refractivity contribution in [2.75, 3.05) is 5.75 Å². The first-order valence-corrected chi connectivity index (χ1v) is 11.5. The lowest BCUT2D eigenvalue weighted by atomic mass is 10.1. The van der Waals surface area contributed by atoms with Crippen molar-refractivity contribution in [1.29, 1.82) is 0 Å². The number of hydrogen-bond donors (Lipinski definition) is 2. The van der Waals surface area contributed by atoms with E-state index < -0.39 is 12.0 Å². The minimum atomic E-state index is -0.922. The Balaban J connectivity index is 1.57. The number of nitrogens with two attached hydrogens (primary N) is 1. The van der Waals surface area contributed by atoms with E-state index in [1.807, 2.05) is 89.5 Å². The van der Waals surface area contributed by atoms with Crippen molar-refractivity contribution in [3.05, 3.63) is 102 Å². The Hall–Kier alpha value is -3.62. The van der Waals surface area contributed by atoms with Gasteiger partial charge in [-0.25, -0.2) is 0 Å². The Morgan fingerprint density at radius 3 is 2.21 bits per heavy atom. The number of carboxylic acids is 1. The van der Waals surface area contributed by atoms with Gasteiger partial charge in [0.15, 0.2) is 11.0 Å². The number of rotatable bonds is 10. The predicted molar refractivity (Wildman–Crippen MR) is 128 cm³/mol. The van der Waals surface area contributed by atoms with Crippen LogP contribution in [0.4, 0.5) is 0 Å². The Kier molecular flexibility index (Phi) is 7.39. The number of carbonyl (C=O) groups is 1. The maximum Gasteiger partial charge on any atom is 0.313 e. The van der Waals surface area contributed by atoms with Crippen molar-refractivity contribution in [3.8, 4) is 11.4 Å². The lowest BCUT2D eigenvalue weighted by Gasteiger charge is -2.15. The number of hydrogen-bond acceptors (Lipinski definition) is 6. The first kappa shape index (κ1) is 22.6. The third-order valence-electron chi connectivity index (χ3n) is 4.96. The molecule has 3 aromatic carbocycles. The molecule has 0 fully saturated rings. The zero-order valence-electron chi connectivity index (χ0n) is 17.9. The molecule has 3 N–H and O–H groups in total. The average Bonchev–Trinajstić information content (AvgIpc) is 3.27. The van der Waals surface area contributed by atoms with E-state index in [4.69, 9.17) is 15.6 Å². The van der Waals surface area contributed by atoms with Gasteiger partial charge in [-0.1, -0.05) is 72.4 Å². The summed E-state index contributed by atoms with van der Waals surface area (Å²) in [4.78, 5) is 11.1. The summed E-state index contributed by atoms with van der Waals surface area (Å²) in [5.41, 5.74) is 9.47. The largest absolute Gasteiger partial charge is 0.489 e. The van der Waals surface area contributed by atoms with Gasteiger partial charge in [-0.05, 0) is 41.8 Å². The Morgan fingerprint density at radius 1 is 0.939 bits per heavy atom. The summed E-state index contributed by atoms with van der Waals surface area (Å²) < 4.78 is 7.70. The topological polar surface area (TPSA) is 103 Å². The van der Waals surface area contributed by atoms with Crippen molar-refractivity contribution >= 4 is 17.7 Å². The highest BCUT2D eigenvalue weighted by Gasteiger charge is 2.21. The molecule has 0 bridgehead atoms. The highest BCUT2D eigenvalue weighted by Crippen LogP contribution is 2.27. The minimum absolute atomic E-state index is 0.121. The summed E-state index contributed by atoms with van der Waals surface area (Å²) >= 11 is 1.11. The molecule has 0 aliphatic heterocycles. The fraction of sp³-hybridized carbons (Fsp3) is 0.160. The molecule has 4 rings (SSSR count). The molecule has 33 heavy (non-hydrogen) atoms. The van der Waals surface area contributed by atoms with E-state index in [9.17, 15) is 4.79 Å². The summed E-state index contributed by atoms with van der Waals surface area (Å²) in [6.07, 6.45) is 0.584. The molecule has 0 amide bonds. The van der Waals surface area contributed by atoms with Crippen molar-refractivity contribution in [2.45, 2.75) is 24.2 Å². The van der Waals surface area contributed by atoms with Crippen LogP contribution in [0.1, 0.15) is 23.0 Å². The van der Waals surface area contributed by atoms with E-state index in [1.54, 1.807) is 0 Å². The van der Waals surface area contributed by atoms with E-state index in [-0.39, 0.29) is 5.75 Å². The standard InChI is InChI=1S/C25H24N4O3S/c26-22(15-18-7-3-1-4-8-18)24-27-28-25(33-17-23(30)31)29(24)20-11-13-21(14-12-20)32-16-19-9-5-2-6-10-19/h1-14,22H,15-17,26H2,(H,30,31)/t22-/m0/s1. The molecule has 0 saturated carbocycles. The van der Waals surface area contributed by atoms with E-state index in [0.717, 1.165) is 34.3 Å². The number of nitrogens with zero attached hydrogens (tertiary/aromatic N) is 3. The predicted octanol–water partition coefficient (Wildman–Crippen LogP) is 4.27. The molecule has 0 saturated heterocycles. The molecule has 0 spiro atoms. The second-order valence-corrected chi connectivity index (χ2v) is 8.37. The highest BCUT2D eigenvalue weighted by molar-refractivity contribution is 7.99. The molecule has 7 nitrogen and oxygen atoms in total. The van der Waals surface area contributed by atoms with Crippen LogP contribution in [0.5, 0.6) is 5.75 Å². The normalized spacial score (nSPS) is 11.8. The van der Waals surface area contributed by atoms with Gasteiger partial charge < -0.3 is 15.6 Å². The molecule has 1 aromatic heterocycles. The van der Waals surface area contributed by atoms with Crippen LogP contribution in [0.25, 0.3) is 5.69 Å². The van der Waals surface area contributed by atoms with E-state index in [0.29, 0.717) is 24.0 Å². The van der Waals surface area contributed by atoms with Crippen LogP contribution in [0.2, 0.25) is 0 Å². The summed E-state index contributed by atoms with van der Waals surface area (Å²) in [5.74, 6) is 0.259. The van der Waals surface area contributed by atoms with Gasteiger partial charge in [0.2, 0.25) is 0 Å². The summed E-state index contributed by atoms with van der Waals surface area (Å²) in [6.45, 7) is 0.472. The molecule has 0 unspecified atom stereocenters. The summed E-state index contributed by atoms with van der Waals surface area (Å²) in [6, 6.07) is 27.0. The van der Waals surface area contributed by atoms with Gasteiger partial charge in [0.25, 0.3) is 0 Å². The van der Waals surface area contributed by atoms with Crippen LogP contribution >= 0.6 is 11.8 Å². The van der Waals surface area contributed by atoms with Crippen LogP contribution < -0.4 is 10.5 Å². The van der Waals surface area contributed by atoms with Crippen molar-refractivity contribution in [3.63, 3.8) is 0 Å². The van der Waals surface area contributed by atoms with E-state index in [2.05, 4.69) is 10.2 Å². The highest BCUT2D eigenvalue weighted by atomic mass is 32.2. The molecule has 4 aromatic rings. The second-order valence-electron chi connectivity index (χ2n) is 7.42. The number of benzene rings is 3. The maximum atomic E-state index is 11.1. The summed E-state index contributed by atoms with van der Waals surface area (Å²) in [5, 5.41) is 18.1. The van der Waals surface area contributed by atoms with E-state index in [1.165, 1.54) is 0 Å². The smallest absolute Gasteiger partial charge is 0.313 e. The van der Waals surface area contributed by atoms with Gasteiger partial charge in [0.1, 0.15) is 12.4 Å². The van der Waals surface area contributed by atoms with Gasteiger partial charge in [0, 0.05) is 5.69 Å². The molecule has 1 atom stereocenters. The van der Waals surface area contributed by atoms with Gasteiger partial charge in [-0.3, -0.25) is 9.36 Å². The number of carboxylic acid groups (broad SMARTS) is 1. The number of thioether (sulfide) groups is 1. The van der Waals surface area contributed by atoms with Gasteiger partial charge >= 0.3 is 5.97 Å². The van der Waals surface area contributed by atoms with Crippen LogP contribution in [-0.4, -0.2) is 31.6 Å². The lowest BCUT2D eigenvalue weighted by molar-refractivity contribution is -0.133. The second kappa shape index (κ2) is 10.8. The molecule has 0 aliphatic carbocycles. The van der Waals surface area contributed by atoms with Crippen LogP contribution in [-0.2, 0) is 17.8 Å². The fourth-order valence-corrected chi connectivity index (χ4v) is 4.05. The Bertz CT molecular complexity index is 1180. The molecule has 0 radical (unpaired) electrons. The van der Waals surface area contributed by atoms with Crippen LogP contribution in [0.3, 0.4) is 0 Å². The molecule has 1 heterocycles. The zero-order valence-corrected chi connectivity index (χ0v) is 18.7. The number of aromatic nitrogens is 3. The van der Waals surface area contributed by atoms with Crippen molar-refractivity contribution in [2.24, 2.45) is 5.73 Å². The zero-order chi connectivity index (χ0) is 23.0. The minimum Gasteiger partial charge on any atom is -0.489 e. The fourth-order valence-electron chi connectivity index (χ4n) is 3.38. The average molecular weight is 461 g/mol. The maximum absolute atomic E-state index is 11.1. The molecule has 0 aliphatic rings. The van der Waals surface area contributed by atoms with E-state index >= 15 is 0 Å². The van der Waals surface area contributed by atoms with Crippen molar-refractivity contribution in [1.82, 2.24) is 14.8 Å². The van der Waals surface area contributed by atoms with Crippen molar-refractivity contribution < 1.29 is 14.6 Å². The van der Waals surface area contributed by atoms with Crippen LogP contribution in [0.15, 0.2) is 90.1 Å². The first-order valence-electron chi connectivity index (χ1n) is 10.5. The third-order valence-corrected chi connectivity index (χ3v) is 5.87. The quantitative estimate of drug-likeness (QED) is 0.341. The van der Waals surface area contributed by atoms with Gasteiger partial charge in [-0.15, -0.1) is 10.2 Å². The Labute approximate surface area is 196 Å². The molecular formula is C25H24N4O3S. The van der Waals surface area contributed by atoms with Gasteiger partial charge in [0.05, 0.1) is 11.8 Å². The number of aliphatic carboxylic acids is 1. The molecule has 8 heteroatoms. The molecule has 168 valence electrons. The number of ether oxygens (including phenoxy) is 1.